The van der Waals surface area contributed by atoms with Crippen LogP contribution in [0.25, 0.3) is 32.3 Å². The Bertz CT molecular complexity index is 1440. The van der Waals surface area contributed by atoms with Crippen molar-refractivity contribution in [3.63, 3.8) is 0 Å². The van der Waals surface area contributed by atoms with Crippen LogP contribution in [0.4, 0.5) is 17.1 Å². The minimum absolute atomic E-state index is 1.17. The van der Waals surface area contributed by atoms with Crippen molar-refractivity contribution in [2.75, 3.05) is 4.90 Å². The van der Waals surface area contributed by atoms with Gasteiger partial charge in [0.1, 0.15) is 0 Å². The third-order valence-electron chi connectivity index (χ3n) is 6.69. The summed E-state index contributed by atoms with van der Waals surface area (Å²) >= 11 is 0. The van der Waals surface area contributed by atoms with Crippen LogP contribution in [0, 0.1) is 0 Å². The van der Waals surface area contributed by atoms with E-state index in [0.29, 0.717) is 0 Å². The molecular weight excluding hydrogens is 446 g/mol. The SMILES string of the molecule is c1ccc(N(c2ccccc2)c2ccccc2)cc1.c1ccc2c(c1)c1ccccc1c1ccccc21. The summed E-state index contributed by atoms with van der Waals surface area (Å²) in [5, 5.41) is 8.04. The topological polar surface area (TPSA) is 3.24 Å². The molecule has 176 valence electrons. The summed E-state index contributed by atoms with van der Waals surface area (Å²) in [6.07, 6.45) is 0. The molecule has 1 heteroatoms. The second-order valence-electron chi connectivity index (χ2n) is 8.98. The molecule has 0 N–H and O–H groups in total. The number of hydrogen-bond donors (Lipinski definition) is 0. The van der Waals surface area contributed by atoms with Crippen molar-refractivity contribution in [2.45, 2.75) is 0 Å². The highest BCUT2D eigenvalue weighted by Crippen LogP contribution is 2.35. The molecule has 37 heavy (non-hydrogen) atoms. The zero-order valence-corrected chi connectivity index (χ0v) is 20.5. The summed E-state index contributed by atoms with van der Waals surface area (Å²) in [4.78, 5) is 2.25. The molecule has 0 heterocycles. The van der Waals surface area contributed by atoms with Crippen LogP contribution in [0.1, 0.15) is 0 Å². The second kappa shape index (κ2) is 10.4. The van der Waals surface area contributed by atoms with Crippen LogP contribution in [0.2, 0.25) is 0 Å². The lowest BCUT2D eigenvalue weighted by Crippen LogP contribution is -2.09. The van der Waals surface area contributed by atoms with Gasteiger partial charge in [-0.15, -0.1) is 0 Å². The first kappa shape index (κ1) is 22.6. The van der Waals surface area contributed by atoms with E-state index < -0.39 is 0 Å². The van der Waals surface area contributed by atoms with Crippen LogP contribution in [0.5, 0.6) is 0 Å². The van der Waals surface area contributed by atoms with Crippen molar-refractivity contribution in [1.29, 1.82) is 0 Å². The van der Waals surface area contributed by atoms with E-state index in [1.807, 2.05) is 18.2 Å². The van der Waals surface area contributed by atoms with Gasteiger partial charge in [-0.05, 0) is 68.7 Å². The highest BCUT2D eigenvalue weighted by Gasteiger charge is 2.10. The maximum Gasteiger partial charge on any atom is 0.0461 e. The van der Waals surface area contributed by atoms with Gasteiger partial charge < -0.3 is 4.90 Å². The standard InChI is InChI=1S/C18H15N.C18H12/c1-4-10-16(11-5-1)19(17-12-6-2-7-13-17)18-14-8-3-9-15-18;1-2-8-14-13(7-1)15-9-3-4-11-17(15)18-12-6-5-10-16(14)18/h1-15H;1-12H. The van der Waals surface area contributed by atoms with Gasteiger partial charge in [-0.1, -0.05) is 127 Å². The summed E-state index contributed by atoms with van der Waals surface area (Å²) in [5.41, 5.74) is 3.50. The molecule has 0 saturated heterocycles. The Morgan fingerprint density at radius 2 is 0.405 bits per heavy atom. The Hall–Kier alpha value is -4.88. The summed E-state index contributed by atoms with van der Waals surface area (Å²) in [6, 6.07) is 57.2. The number of benzene rings is 7. The van der Waals surface area contributed by atoms with Crippen LogP contribution in [0.3, 0.4) is 0 Å². The van der Waals surface area contributed by atoms with Crippen LogP contribution in [0.15, 0.2) is 164 Å². The first-order chi connectivity index (χ1) is 18.4. The minimum Gasteiger partial charge on any atom is -0.311 e. The van der Waals surface area contributed by atoms with E-state index in [9.17, 15) is 0 Å². The second-order valence-corrected chi connectivity index (χ2v) is 8.98. The molecule has 0 amide bonds. The maximum absolute atomic E-state index is 2.25. The molecule has 0 spiro atoms. The smallest absolute Gasteiger partial charge is 0.0461 e. The lowest BCUT2D eigenvalue weighted by Gasteiger charge is -2.25. The summed E-state index contributed by atoms with van der Waals surface area (Å²) in [6.45, 7) is 0. The van der Waals surface area contributed by atoms with Gasteiger partial charge in [0.25, 0.3) is 0 Å². The number of hydrogen-bond acceptors (Lipinski definition) is 1. The van der Waals surface area contributed by atoms with Gasteiger partial charge in [-0.3, -0.25) is 0 Å². The lowest BCUT2D eigenvalue weighted by atomic mass is 9.95. The van der Waals surface area contributed by atoms with E-state index in [-0.39, 0.29) is 0 Å². The van der Waals surface area contributed by atoms with Crippen molar-refractivity contribution in [3.05, 3.63) is 164 Å². The Morgan fingerprint density at radius 1 is 0.216 bits per heavy atom. The third-order valence-corrected chi connectivity index (χ3v) is 6.69. The van der Waals surface area contributed by atoms with Crippen molar-refractivity contribution in [2.24, 2.45) is 0 Å². The summed E-state index contributed by atoms with van der Waals surface area (Å²) < 4.78 is 0. The number of nitrogens with zero attached hydrogens (tertiary/aromatic N) is 1. The Labute approximate surface area is 217 Å². The van der Waals surface area contributed by atoms with E-state index in [4.69, 9.17) is 0 Å². The molecule has 0 radical (unpaired) electrons. The Kier molecular flexibility index (Phi) is 6.34. The predicted octanol–water partition coefficient (Wildman–Crippen LogP) is 10.3. The fourth-order valence-corrected chi connectivity index (χ4v) is 5.04. The third kappa shape index (κ3) is 4.55. The Morgan fingerprint density at radius 3 is 0.622 bits per heavy atom. The fourth-order valence-electron chi connectivity index (χ4n) is 5.04. The average molecular weight is 474 g/mol. The highest BCUT2D eigenvalue weighted by atomic mass is 15.1. The fraction of sp³-hybridized carbons (Fsp3) is 0. The van der Waals surface area contributed by atoms with Gasteiger partial charge in [-0.2, -0.15) is 0 Å². The van der Waals surface area contributed by atoms with Crippen molar-refractivity contribution < 1.29 is 0 Å². The first-order valence-electron chi connectivity index (χ1n) is 12.6. The first-order valence-corrected chi connectivity index (χ1v) is 12.6. The van der Waals surface area contributed by atoms with Gasteiger partial charge in [0.2, 0.25) is 0 Å². The highest BCUT2D eigenvalue weighted by molar-refractivity contribution is 6.25. The molecule has 7 aromatic carbocycles. The van der Waals surface area contributed by atoms with Crippen LogP contribution in [-0.2, 0) is 0 Å². The maximum atomic E-state index is 2.25. The van der Waals surface area contributed by atoms with Gasteiger partial charge in [0, 0.05) is 17.1 Å². The van der Waals surface area contributed by atoms with E-state index in [0.717, 1.165) is 0 Å². The summed E-state index contributed by atoms with van der Waals surface area (Å²) in [7, 11) is 0. The van der Waals surface area contributed by atoms with Crippen LogP contribution in [-0.4, -0.2) is 0 Å². The molecule has 0 bridgehead atoms. The summed E-state index contributed by atoms with van der Waals surface area (Å²) in [5.74, 6) is 0. The van der Waals surface area contributed by atoms with E-state index in [1.165, 1.54) is 49.4 Å². The molecule has 0 aliphatic rings. The lowest BCUT2D eigenvalue weighted by molar-refractivity contribution is 1.28. The van der Waals surface area contributed by atoms with E-state index in [1.54, 1.807) is 0 Å². The minimum atomic E-state index is 1.17. The van der Waals surface area contributed by atoms with Crippen LogP contribution < -0.4 is 4.90 Å². The molecular formula is C36H27N. The van der Waals surface area contributed by atoms with Crippen LogP contribution >= 0.6 is 0 Å². The molecule has 0 aliphatic carbocycles. The average Bonchev–Trinajstić information content (AvgIpc) is 3.00. The number of anilines is 3. The van der Waals surface area contributed by atoms with E-state index >= 15 is 0 Å². The zero-order valence-electron chi connectivity index (χ0n) is 20.5. The zero-order chi connectivity index (χ0) is 24.9. The van der Waals surface area contributed by atoms with Crippen molar-refractivity contribution >= 4 is 49.4 Å². The molecule has 0 fully saturated rings. The molecule has 1 nitrogen and oxygen atoms in total. The molecule has 0 aromatic heterocycles. The molecule has 7 rings (SSSR count). The predicted molar refractivity (Wildman–Crippen MR) is 160 cm³/mol. The quantitative estimate of drug-likeness (QED) is 0.231. The normalized spacial score (nSPS) is 10.7. The van der Waals surface area contributed by atoms with Gasteiger partial charge in [0.15, 0.2) is 0 Å². The van der Waals surface area contributed by atoms with Gasteiger partial charge in [0.05, 0.1) is 0 Å². The molecule has 0 unspecified atom stereocenters. The van der Waals surface area contributed by atoms with Crippen molar-refractivity contribution in [1.82, 2.24) is 0 Å². The number of para-hydroxylation sites is 3. The molecule has 7 aromatic rings. The largest absolute Gasteiger partial charge is 0.311 e. The Balaban J connectivity index is 0.000000136. The number of fused-ring (bicyclic) bond motifs is 6. The van der Waals surface area contributed by atoms with Crippen molar-refractivity contribution in [3.8, 4) is 0 Å². The van der Waals surface area contributed by atoms with E-state index in [2.05, 4.69) is 150 Å². The van der Waals surface area contributed by atoms with Gasteiger partial charge >= 0.3 is 0 Å². The van der Waals surface area contributed by atoms with Gasteiger partial charge in [-0.25, -0.2) is 0 Å². The monoisotopic (exact) mass is 473 g/mol. The number of rotatable bonds is 3. The molecule has 0 aliphatic heterocycles. The molecule has 0 saturated carbocycles. The molecule has 0 atom stereocenters.